The number of nitrogens with zero attached hydrogens (tertiary/aromatic N) is 1. The van der Waals surface area contributed by atoms with Gasteiger partial charge in [0.05, 0.1) is 12.3 Å². The number of rotatable bonds is 4. The average Bonchev–Trinajstić information content (AvgIpc) is 2.36. The number of alkyl halides is 3. The number of amides is 2. The predicted molar refractivity (Wildman–Crippen MR) is 65.2 cm³/mol. The first kappa shape index (κ1) is 16.6. The fourth-order valence-electron chi connectivity index (χ4n) is 2.20. The molecular weight excluding hydrogens is 277 g/mol. The van der Waals surface area contributed by atoms with Gasteiger partial charge < -0.3 is 15.3 Å². The molecule has 2 amide bonds. The molecule has 5 nitrogen and oxygen atoms in total. The van der Waals surface area contributed by atoms with Gasteiger partial charge in [0.15, 0.2) is 0 Å². The van der Waals surface area contributed by atoms with Crippen LogP contribution in [0.15, 0.2) is 0 Å². The first-order valence-electron chi connectivity index (χ1n) is 6.58. The molecule has 2 N–H and O–H groups in total. The van der Waals surface area contributed by atoms with E-state index in [9.17, 15) is 22.8 Å². The number of carbonyl (C=O) groups is 2. The minimum atomic E-state index is -4.30. The van der Waals surface area contributed by atoms with Gasteiger partial charge in [-0.2, -0.15) is 13.2 Å². The standard InChI is InChI=1S/C12H19F3N2O3/c1-2-9(6-10(18)19)16-11(20)17-5-3-4-8(7-17)12(13,14)15/h8-9H,2-7H2,1H3,(H,16,20)(H,18,19). The molecule has 0 spiro atoms. The third-order valence-corrected chi connectivity index (χ3v) is 3.41. The van der Waals surface area contributed by atoms with Gasteiger partial charge in [-0.3, -0.25) is 4.79 Å². The van der Waals surface area contributed by atoms with Crippen molar-refractivity contribution in [3.8, 4) is 0 Å². The lowest BCUT2D eigenvalue weighted by Gasteiger charge is -2.34. The Hall–Kier alpha value is -1.47. The van der Waals surface area contributed by atoms with E-state index < -0.39 is 30.1 Å². The average molecular weight is 296 g/mol. The van der Waals surface area contributed by atoms with Crippen LogP contribution in [-0.4, -0.2) is 47.3 Å². The van der Waals surface area contributed by atoms with Crippen LogP contribution in [0.4, 0.5) is 18.0 Å². The molecule has 0 bridgehead atoms. The zero-order chi connectivity index (χ0) is 15.3. The Morgan fingerprint density at radius 2 is 2.10 bits per heavy atom. The molecular formula is C12H19F3N2O3. The fourth-order valence-corrected chi connectivity index (χ4v) is 2.20. The molecule has 116 valence electrons. The monoisotopic (exact) mass is 296 g/mol. The van der Waals surface area contributed by atoms with E-state index in [-0.39, 0.29) is 25.9 Å². The molecule has 0 saturated carbocycles. The number of carboxylic acid groups (broad SMARTS) is 1. The van der Waals surface area contributed by atoms with Crippen LogP contribution in [0.1, 0.15) is 32.6 Å². The highest BCUT2D eigenvalue weighted by Crippen LogP contribution is 2.33. The van der Waals surface area contributed by atoms with Crippen molar-refractivity contribution < 1.29 is 27.9 Å². The summed E-state index contributed by atoms with van der Waals surface area (Å²) in [5, 5.41) is 11.2. The molecule has 2 unspecified atom stereocenters. The molecule has 0 aromatic heterocycles. The fraction of sp³-hybridized carbons (Fsp3) is 0.833. The molecule has 8 heteroatoms. The maximum atomic E-state index is 12.6. The minimum Gasteiger partial charge on any atom is -0.481 e. The van der Waals surface area contributed by atoms with Crippen LogP contribution >= 0.6 is 0 Å². The van der Waals surface area contributed by atoms with Crippen molar-refractivity contribution >= 4 is 12.0 Å². The number of likely N-dealkylation sites (tertiary alicyclic amines) is 1. The first-order valence-corrected chi connectivity index (χ1v) is 6.58. The minimum absolute atomic E-state index is 0.0274. The van der Waals surface area contributed by atoms with Gasteiger partial charge in [0, 0.05) is 19.1 Å². The molecule has 1 heterocycles. The molecule has 1 rings (SSSR count). The number of carboxylic acids is 1. The summed E-state index contributed by atoms with van der Waals surface area (Å²) in [6.07, 6.45) is -3.80. The third-order valence-electron chi connectivity index (χ3n) is 3.41. The van der Waals surface area contributed by atoms with E-state index in [1.807, 2.05) is 0 Å². The lowest BCUT2D eigenvalue weighted by molar-refractivity contribution is -0.184. The van der Waals surface area contributed by atoms with Gasteiger partial charge in [-0.05, 0) is 19.3 Å². The van der Waals surface area contributed by atoms with E-state index in [4.69, 9.17) is 5.11 Å². The van der Waals surface area contributed by atoms with E-state index in [0.717, 1.165) is 4.90 Å². The number of aliphatic carboxylic acids is 1. The number of carbonyl (C=O) groups excluding carboxylic acids is 1. The number of nitrogens with one attached hydrogen (secondary N) is 1. The van der Waals surface area contributed by atoms with Crippen molar-refractivity contribution in [1.82, 2.24) is 10.2 Å². The van der Waals surface area contributed by atoms with Crippen molar-refractivity contribution in [2.24, 2.45) is 5.92 Å². The second-order valence-electron chi connectivity index (χ2n) is 4.98. The van der Waals surface area contributed by atoms with E-state index in [1.54, 1.807) is 6.92 Å². The molecule has 0 aromatic rings. The molecule has 1 aliphatic heterocycles. The molecule has 0 aliphatic carbocycles. The Kier molecular flexibility index (Phi) is 5.64. The van der Waals surface area contributed by atoms with Crippen molar-refractivity contribution in [3.63, 3.8) is 0 Å². The van der Waals surface area contributed by atoms with Gasteiger partial charge in [-0.15, -0.1) is 0 Å². The second-order valence-corrected chi connectivity index (χ2v) is 4.98. The number of hydrogen-bond donors (Lipinski definition) is 2. The van der Waals surface area contributed by atoms with E-state index in [2.05, 4.69) is 5.32 Å². The van der Waals surface area contributed by atoms with Gasteiger partial charge in [0.1, 0.15) is 0 Å². The molecule has 1 aliphatic rings. The summed E-state index contributed by atoms with van der Waals surface area (Å²) in [4.78, 5) is 23.6. The highest BCUT2D eigenvalue weighted by Gasteiger charge is 2.42. The molecule has 20 heavy (non-hydrogen) atoms. The summed E-state index contributed by atoms with van der Waals surface area (Å²) >= 11 is 0. The molecule has 0 radical (unpaired) electrons. The maximum Gasteiger partial charge on any atom is 0.393 e. The smallest absolute Gasteiger partial charge is 0.393 e. The summed E-state index contributed by atoms with van der Waals surface area (Å²) < 4.78 is 37.9. The molecule has 1 saturated heterocycles. The van der Waals surface area contributed by atoms with Crippen LogP contribution in [0, 0.1) is 5.92 Å². The summed E-state index contributed by atoms with van der Waals surface area (Å²) in [5.41, 5.74) is 0. The second kappa shape index (κ2) is 6.81. The van der Waals surface area contributed by atoms with Crippen molar-refractivity contribution in [1.29, 1.82) is 0 Å². The Morgan fingerprint density at radius 3 is 2.60 bits per heavy atom. The number of piperidine rings is 1. The van der Waals surface area contributed by atoms with E-state index in [0.29, 0.717) is 12.8 Å². The molecule has 1 fully saturated rings. The number of hydrogen-bond acceptors (Lipinski definition) is 2. The van der Waals surface area contributed by atoms with Gasteiger partial charge in [-0.25, -0.2) is 4.79 Å². The van der Waals surface area contributed by atoms with Crippen LogP contribution in [0.2, 0.25) is 0 Å². The summed E-state index contributed by atoms with van der Waals surface area (Å²) in [6, 6.07) is -1.18. The maximum absolute atomic E-state index is 12.6. The van der Waals surface area contributed by atoms with Gasteiger partial charge in [0.2, 0.25) is 0 Å². The quantitative estimate of drug-likeness (QED) is 0.835. The van der Waals surface area contributed by atoms with Gasteiger partial charge in [0.25, 0.3) is 0 Å². The summed E-state index contributed by atoms with van der Waals surface area (Å²) in [6.45, 7) is 1.61. The number of urea groups is 1. The van der Waals surface area contributed by atoms with Gasteiger partial charge in [-0.1, -0.05) is 6.92 Å². The zero-order valence-electron chi connectivity index (χ0n) is 11.2. The Labute approximate surface area is 115 Å². The topological polar surface area (TPSA) is 69.6 Å². The van der Waals surface area contributed by atoms with Crippen LogP contribution in [0.25, 0.3) is 0 Å². The SMILES string of the molecule is CCC(CC(=O)O)NC(=O)N1CCCC(C(F)(F)F)C1. The summed E-state index contributed by atoms with van der Waals surface area (Å²) in [7, 11) is 0. The van der Waals surface area contributed by atoms with Crippen LogP contribution in [-0.2, 0) is 4.79 Å². The Bertz CT molecular complexity index is 360. The van der Waals surface area contributed by atoms with E-state index in [1.165, 1.54) is 0 Å². The normalized spacial score (nSPS) is 21.4. The van der Waals surface area contributed by atoms with Gasteiger partial charge >= 0.3 is 18.2 Å². The Morgan fingerprint density at radius 1 is 1.45 bits per heavy atom. The zero-order valence-corrected chi connectivity index (χ0v) is 11.2. The lowest BCUT2D eigenvalue weighted by atomic mass is 9.98. The first-order chi connectivity index (χ1) is 9.24. The predicted octanol–water partition coefficient (Wildman–Crippen LogP) is 2.22. The van der Waals surface area contributed by atoms with Crippen molar-refractivity contribution in [3.05, 3.63) is 0 Å². The summed E-state index contributed by atoms with van der Waals surface area (Å²) in [5.74, 6) is -2.55. The third kappa shape index (κ3) is 4.90. The van der Waals surface area contributed by atoms with E-state index >= 15 is 0 Å². The highest BCUT2D eigenvalue weighted by atomic mass is 19.4. The lowest BCUT2D eigenvalue weighted by Crippen LogP contribution is -2.51. The van der Waals surface area contributed by atoms with Crippen LogP contribution in [0.3, 0.4) is 0 Å². The van der Waals surface area contributed by atoms with Crippen molar-refractivity contribution in [2.45, 2.75) is 44.8 Å². The molecule has 2 atom stereocenters. The highest BCUT2D eigenvalue weighted by molar-refractivity contribution is 5.76. The van der Waals surface area contributed by atoms with Crippen LogP contribution < -0.4 is 5.32 Å². The number of halogens is 3. The largest absolute Gasteiger partial charge is 0.481 e. The van der Waals surface area contributed by atoms with Crippen molar-refractivity contribution in [2.75, 3.05) is 13.1 Å². The molecule has 0 aromatic carbocycles. The van der Waals surface area contributed by atoms with Crippen LogP contribution in [0.5, 0.6) is 0 Å². The Balaban J connectivity index is 2.56.